The fourth-order valence-corrected chi connectivity index (χ4v) is 6.19. The molecule has 0 saturated carbocycles. The highest BCUT2D eigenvalue weighted by atomic mass is 32.2. The van der Waals surface area contributed by atoms with Gasteiger partial charge in [-0.05, 0) is 34.1 Å². The van der Waals surface area contributed by atoms with Crippen molar-refractivity contribution in [3.05, 3.63) is 27.0 Å². The molecule has 0 fully saturated rings. The molecule has 0 bridgehead atoms. The number of allylic oxidation sites excluding steroid dienone is 1. The second-order valence-electron chi connectivity index (χ2n) is 6.47. The molecule has 1 aromatic rings. The largest absolute Gasteiger partial charge is 0.487 e. The molecule has 0 saturated heterocycles. The molecule has 0 radical (unpaired) electrons. The van der Waals surface area contributed by atoms with Crippen LogP contribution in [0.15, 0.2) is 17.2 Å². The summed E-state index contributed by atoms with van der Waals surface area (Å²) < 4.78 is 6.22. The van der Waals surface area contributed by atoms with Gasteiger partial charge in [-0.15, -0.1) is 23.1 Å². The van der Waals surface area contributed by atoms with E-state index in [9.17, 15) is 5.26 Å². The summed E-state index contributed by atoms with van der Waals surface area (Å²) in [6.45, 7) is 8.79. The van der Waals surface area contributed by atoms with Gasteiger partial charge in [-0.1, -0.05) is 11.1 Å². The number of thiophene rings is 1. The molecule has 0 N–H and O–H groups in total. The van der Waals surface area contributed by atoms with Gasteiger partial charge in [0.1, 0.15) is 22.3 Å². The first-order chi connectivity index (χ1) is 9.35. The number of thioether (sulfide) groups is 1. The van der Waals surface area contributed by atoms with Crippen LogP contribution in [0.5, 0.6) is 5.75 Å². The van der Waals surface area contributed by atoms with Gasteiger partial charge >= 0.3 is 0 Å². The second kappa shape index (κ2) is 4.54. The highest BCUT2D eigenvalue weighted by Gasteiger charge is 2.48. The van der Waals surface area contributed by atoms with Crippen molar-refractivity contribution in [2.24, 2.45) is 0 Å². The predicted molar refractivity (Wildman–Crippen MR) is 85.5 cm³/mol. The Bertz CT molecular complexity index is 635. The van der Waals surface area contributed by atoms with Crippen LogP contribution >= 0.6 is 23.1 Å². The van der Waals surface area contributed by atoms with E-state index in [1.165, 1.54) is 16.0 Å². The third kappa shape index (κ3) is 2.17. The van der Waals surface area contributed by atoms with Gasteiger partial charge in [0.05, 0.1) is 9.62 Å². The van der Waals surface area contributed by atoms with Crippen molar-refractivity contribution in [3.8, 4) is 11.8 Å². The molecule has 0 unspecified atom stereocenters. The van der Waals surface area contributed by atoms with E-state index in [1.54, 1.807) is 11.3 Å². The van der Waals surface area contributed by atoms with Gasteiger partial charge in [0, 0.05) is 18.2 Å². The van der Waals surface area contributed by atoms with E-state index in [1.807, 2.05) is 17.8 Å². The van der Waals surface area contributed by atoms with E-state index in [0.717, 1.165) is 29.2 Å². The highest BCUT2D eigenvalue weighted by molar-refractivity contribution is 8.00. The molecular formula is C16H19NOS2. The Hall–Kier alpha value is -0.920. The zero-order valence-electron chi connectivity index (χ0n) is 12.4. The molecule has 0 aromatic carbocycles. The highest BCUT2D eigenvalue weighted by Crippen LogP contribution is 2.59. The molecule has 1 spiro atoms. The molecule has 0 amide bonds. The molecule has 2 aliphatic rings. The monoisotopic (exact) mass is 305 g/mol. The summed E-state index contributed by atoms with van der Waals surface area (Å²) in [6.07, 6.45) is 2.09. The van der Waals surface area contributed by atoms with Crippen LogP contribution in [-0.2, 0) is 4.75 Å². The first-order valence-electron chi connectivity index (χ1n) is 6.88. The van der Waals surface area contributed by atoms with Crippen LogP contribution in [-0.4, -0.2) is 11.4 Å². The Morgan fingerprint density at radius 2 is 2.05 bits per heavy atom. The minimum Gasteiger partial charge on any atom is -0.487 e. The molecule has 2 nitrogen and oxygen atoms in total. The molecule has 1 aromatic heterocycles. The Morgan fingerprint density at radius 1 is 1.30 bits per heavy atom. The fraction of sp³-hybridized carbons (Fsp3) is 0.562. The Kier molecular flexibility index (Phi) is 3.19. The lowest BCUT2D eigenvalue weighted by Crippen LogP contribution is -2.43. The third-order valence-electron chi connectivity index (χ3n) is 4.16. The summed E-state index contributed by atoms with van der Waals surface area (Å²) in [5.74, 6) is 2.02. The molecule has 4 heteroatoms. The SMILES string of the molecule is CC1=C(C)C[C@@]2(CC(C)(C)Oc3cc(C#N)sc32)SC1. The van der Waals surface area contributed by atoms with E-state index >= 15 is 0 Å². The average Bonchev–Trinajstić information content (AvgIpc) is 2.76. The van der Waals surface area contributed by atoms with E-state index in [2.05, 4.69) is 33.8 Å². The molecular weight excluding hydrogens is 286 g/mol. The summed E-state index contributed by atoms with van der Waals surface area (Å²) in [5.41, 5.74) is 2.84. The van der Waals surface area contributed by atoms with Crippen molar-refractivity contribution in [1.29, 1.82) is 5.26 Å². The Balaban J connectivity index is 2.13. The zero-order chi connectivity index (χ0) is 14.5. The van der Waals surface area contributed by atoms with Gasteiger partial charge in [0.15, 0.2) is 0 Å². The number of fused-ring (bicyclic) bond motifs is 2. The van der Waals surface area contributed by atoms with E-state index < -0.39 is 0 Å². The number of hydrogen-bond donors (Lipinski definition) is 0. The van der Waals surface area contributed by atoms with Gasteiger partial charge in [-0.25, -0.2) is 0 Å². The summed E-state index contributed by atoms with van der Waals surface area (Å²) >= 11 is 3.65. The summed E-state index contributed by atoms with van der Waals surface area (Å²) in [5, 5.41) is 9.19. The van der Waals surface area contributed by atoms with Crippen molar-refractivity contribution in [2.45, 2.75) is 50.9 Å². The van der Waals surface area contributed by atoms with Crippen LogP contribution in [0.4, 0.5) is 0 Å². The lowest BCUT2D eigenvalue weighted by Gasteiger charge is -2.46. The van der Waals surface area contributed by atoms with E-state index in [4.69, 9.17) is 4.74 Å². The number of ether oxygens (including phenoxy) is 1. The van der Waals surface area contributed by atoms with Gasteiger partial charge in [0.2, 0.25) is 0 Å². The molecule has 3 heterocycles. The summed E-state index contributed by atoms with van der Waals surface area (Å²) in [7, 11) is 0. The molecule has 0 aliphatic carbocycles. The quantitative estimate of drug-likeness (QED) is 0.642. The molecule has 2 aliphatic heterocycles. The summed E-state index contributed by atoms with van der Waals surface area (Å²) in [6, 6.07) is 4.19. The number of nitriles is 1. The van der Waals surface area contributed by atoms with Crippen molar-refractivity contribution in [3.63, 3.8) is 0 Å². The minimum absolute atomic E-state index is 0.0977. The van der Waals surface area contributed by atoms with Crippen LogP contribution in [0.25, 0.3) is 0 Å². The van der Waals surface area contributed by atoms with Crippen molar-refractivity contribution < 1.29 is 4.74 Å². The zero-order valence-corrected chi connectivity index (χ0v) is 14.0. The van der Waals surface area contributed by atoms with Crippen molar-refractivity contribution >= 4 is 23.1 Å². The van der Waals surface area contributed by atoms with E-state index in [-0.39, 0.29) is 10.3 Å². The lowest BCUT2D eigenvalue weighted by atomic mass is 9.83. The van der Waals surface area contributed by atoms with Crippen LogP contribution in [0, 0.1) is 11.3 Å². The lowest BCUT2D eigenvalue weighted by molar-refractivity contribution is 0.0671. The van der Waals surface area contributed by atoms with Gasteiger partial charge in [-0.3, -0.25) is 0 Å². The van der Waals surface area contributed by atoms with Crippen molar-refractivity contribution in [2.75, 3.05) is 5.75 Å². The van der Waals surface area contributed by atoms with Crippen LogP contribution in [0.2, 0.25) is 0 Å². The standard InChI is InChI=1S/C16H19NOS2/c1-10-6-16(19-8-11(10)2)9-15(3,4)18-13-5-12(7-17)20-14(13)16/h5H,6,8-9H2,1-4H3/t16-/m0/s1. The normalized spacial score (nSPS) is 27.9. The van der Waals surface area contributed by atoms with E-state index in [0.29, 0.717) is 0 Å². The van der Waals surface area contributed by atoms with Crippen LogP contribution < -0.4 is 4.74 Å². The number of nitrogens with zero attached hydrogens (tertiary/aromatic N) is 1. The Labute approximate surface area is 128 Å². The smallest absolute Gasteiger partial charge is 0.136 e. The van der Waals surface area contributed by atoms with Crippen LogP contribution in [0.3, 0.4) is 0 Å². The molecule has 106 valence electrons. The second-order valence-corrected chi connectivity index (χ2v) is 8.89. The van der Waals surface area contributed by atoms with Crippen LogP contribution in [0.1, 0.15) is 50.3 Å². The summed E-state index contributed by atoms with van der Waals surface area (Å²) in [4.78, 5) is 2.03. The number of hydrogen-bond acceptors (Lipinski definition) is 4. The first-order valence-corrected chi connectivity index (χ1v) is 8.68. The molecule has 1 atom stereocenters. The van der Waals surface area contributed by atoms with Gasteiger partial charge in [-0.2, -0.15) is 5.26 Å². The third-order valence-corrected chi connectivity index (χ3v) is 7.14. The predicted octanol–water partition coefficient (Wildman–Crippen LogP) is 4.85. The maximum absolute atomic E-state index is 9.19. The Morgan fingerprint density at radius 3 is 2.70 bits per heavy atom. The fourth-order valence-electron chi connectivity index (χ4n) is 3.18. The van der Waals surface area contributed by atoms with Crippen molar-refractivity contribution in [1.82, 2.24) is 0 Å². The molecule has 20 heavy (non-hydrogen) atoms. The number of rotatable bonds is 0. The maximum atomic E-state index is 9.19. The maximum Gasteiger partial charge on any atom is 0.136 e. The van der Waals surface area contributed by atoms with Gasteiger partial charge < -0.3 is 4.74 Å². The average molecular weight is 305 g/mol. The topological polar surface area (TPSA) is 33.0 Å². The first kappa shape index (κ1) is 14.0. The molecule has 3 rings (SSSR count). The minimum atomic E-state index is -0.167. The van der Waals surface area contributed by atoms with Gasteiger partial charge in [0.25, 0.3) is 0 Å².